The number of hydrogen-bond donors (Lipinski definition) is 4. The molecule has 2 aliphatic heterocycles. The van der Waals surface area contributed by atoms with Crippen LogP contribution in [0.3, 0.4) is 0 Å². The Morgan fingerprint density at radius 1 is 1.14 bits per heavy atom. The van der Waals surface area contributed by atoms with Crippen LogP contribution in [-0.4, -0.2) is 95.1 Å². The lowest BCUT2D eigenvalue weighted by molar-refractivity contribution is -0.144. The normalized spacial score (nSPS) is 20.9. The van der Waals surface area contributed by atoms with Crippen molar-refractivity contribution in [3.8, 4) is 10.4 Å². The Bertz CT molecular complexity index is 1210. The Hall–Kier alpha value is -2.57. The number of halogens is 1. The molecular weight excluding hydrogens is 576 g/mol. The standard InChI is InChI=1S/C30H44N6O4S.ClH/c1-19(21-6-8-22(9-7-21)26-20(2)32-18-41-26)33-28(39)24-16-23(37)17-36(24)29(40)27(30(3,4)5)34-25(38)10-13-35-14-11-31-12-15-35;/h6-9,18-19,23-24,27,31,37H,10-17H2,1-5H3,(H,33,39)(H,34,38);1H/t19-,23+,24-,27+;/m0./s1. The first-order valence-corrected chi connectivity index (χ1v) is 15.3. The van der Waals surface area contributed by atoms with Gasteiger partial charge in [0.05, 0.1) is 28.2 Å². The van der Waals surface area contributed by atoms with Crippen molar-refractivity contribution >= 4 is 41.5 Å². The van der Waals surface area contributed by atoms with Crippen molar-refractivity contribution in [3.63, 3.8) is 0 Å². The van der Waals surface area contributed by atoms with Crippen molar-refractivity contribution in [2.75, 3.05) is 39.3 Å². The number of thiazole rings is 1. The lowest BCUT2D eigenvalue weighted by Gasteiger charge is -2.36. The van der Waals surface area contributed by atoms with Gasteiger partial charge in [-0.1, -0.05) is 45.0 Å². The second kappa shape index (κ2) is 14.7. The molecule has 2 fully saturated rings. The van der Waals surface area contributed by atoms with Crippen LogP contribution >= 0.6 is 23.7 Å². The molecule has 232 valence electrons. The van der Waals surface area contributed by atoms with Crippen molar-refractivity contribution in [3.05, 3.63) is 41.0 Å². The largest absolute Gasteiger partial charge is 0.391 e. The molecule has 4 rings (SSSR count). The van der Waals surface area contributed by atoms with Crippen molar-refractivity contribution in [1.29, 1.82) is 0 Å². The fourth-order valence-corrected chi connectivity index (χ4v) is 6.25. The third-order valence-corrected chi connectivity index (χ3v) is 8.90. The molecule has 3 amide bonds. The maximum absolute atomic E-state index is 13.8. The minimum absolute atomic E-state index is 0. The molecule has 1 aromatic carbocycles. The van der Waals surface area contributed by atoms with Crippen LogP contribution in [0.15, 0.2) is 29.8 Å². The molecule has 2 aromatic rings. The molecule has 3 heterocycles. The summed E-state index contributed by atoms with van der Waals surface area (Å²) in [6.07, 6.45) is -0.358. The first kappa shape index (κ1) is 33.9. The van der Waals surface area contributed by atoms with E-state index in [1.165, 1.54) is 4.90 Å². The van der Waals surface area contributed by atoms with Crippen LogP contribution in [0.2, 0.25) is 0 Å². The molecule has 0 saturated carbocycles. The minimum Gasteiger partial charge on any atom is -0.391 e. The van der Waals surface area contributed by atoms with Gasteiger partial charge in [-0.3, -0.25) is 14.4 Å². The molecule has 0 radical (unpaired) electrons. The minimum atomic E-state index is -0.821. The number of likely N-dealkylation sites (tertiary alicyclic amines) is 1. The molecule has 0 aliphatic carbocycles. The highest BCUT2D eigenvalue weighted by molar-refractivity contribution is 7.13. The van der Waals surface area contributed by atoms with Gasteiger partial charge in [0.2, 0.25) is 17.7 Å². The average molecular weight is 621 g/mol. The van der Waals surface area contributed by atoms with E-state index < -0.39 is 23.6 Å². The second-order valence-electron chi connectivity index (χ2n) is 12.2. The van der Waals surface area contributed by atoms with Crippen molar-refractivity contribution in [2.45, 2.75) is 71.7 Å². The summed E-state index contributed by atoms with van der Waals surface area (Å²) in [5.41, 5.74) is 4.24. The number of benzene rings is 1. The van der Waals surface area contributed by atoms with Gasteiger partial charge in [-0.15, -0.1) is 23.7 Å². The molecule has 2 aliphatic rings. The summed E-state index contributed by atoms with van der Waals surface area (Å²) in [6, 6.07) is 6.07. The van der Waals surface area contributed by atoms with Gasteiger partial charge in [0.1, 0.15) is 12.1 Å². The average Bonchev–Trinajstić information content (AvgIpc) is 3.55. The summed E-state index contributed by atoms with van der Waals surface area (Å²) in [5, 5.41) is 19.8. The SMILES string of the molecule is Cc1ncsc1-c1ccc([C@H](C)NC(=O)[C@@H]2C[C@@H](O)CN2C(=O)[C@@H](NC(=O)CCN2CCNCC2)C(C)(C)C)cc1.Cl. The number of aliphatic hydroxyl groups is 1. The highest BCUT2D eigenvalue weighted by atomic mass is 35.5. The number of aryl methyl sites for hydroxylation is 1. The number of rotatable bonds is 9. The topological polar surface area (TPSA) is 127 Å². The third-order valence-electron chi connectivity index (χ3n) is 7.92. The van der Waals surface area contributed by atoms with Crippen molar-refractivity contribution in [1.82, 2.24) is 30.7 Å². The molecule has 10 nitrogen and oxygen atoms in total. The van der Waals surface area contributed by atoms with Crippen LogP contribution in [0.25, 0.3) is 10.4 Å². The fraction of sp³-hybridized carbons (Fsp3) is 0.600. The highest BCUT2D eigenvalue weighted by Crippen LogP contribution is 2.29. The highest BCUT2D eigenvalue weighted by Gasteiger charge is 2.44. The number of nitrogens with one attached hydrogen (secondary N) is 3. The van der Waals surface area contributed by atoms with E-state index in [0.29, 0.717) is 13.0 Å². The van der Waals surface area contributed by atoms with Gasteiger partial charge in [0.25, 0.3) is 0 Å². The summed E-state index contributed by atoms with van der Waals surface area (Å²) in [4.78, 5) is 49.3. The Kier molecular flexibility index (Phi) is 11.9. The summed E-state index contributed by atoms with van der Waals surface area (Å²) in [6.45, 7) is 13.9. The molecule has 2 saturated heterocycles. The molecule has 0 spiro atoms. The molecule has 4 N–H and O–H groups in total. The number of amides is 3. The van der Waals surface area contributed by atoms with Crippen LogP contribution in [0.5, 0.6) is 0 Å². The zero-order valence-electron chi connectivity index (χ0n) is 25.2. The molecule has 1 aromatic heterocycles. The van der Waals surface area contributed by atoms with Gasteiger partial charge in [-0.2, -0.15) is 0 Å². The van der Waals surface area contributed by atoms with Gasteiger partial charge in [0.15, 0.2) is 0 Å². The summed E-state index contributed by atoms with van der Waals surface area (Å²) in [5.74, 6) is -0.854. The fourth-order valence-electron chi connectivity index (χ4n) is 5.44. The Labute approximate surface area is 259 Å². The van der Waals surface area contributed by atoms with Gasteiger partial charge in [-0.05, 0) is 30.4 Å². The number of aromatic nitrogens is 1. The molecular formula is C30H45ClN6O4S. The second-order valence-corrected chi connectivity index (χ2v) is 13.1. The van der Waals surface area contributed by atoms with E-state index in [1.807, 2.05) is 64.4 Å². The summed E-state index contributed by atoms with van der Waals surface area (Å²) in [7, 11) is 0. The number of β-amino-alcohol motifs (C(OH)–C–C–N with tert-alkyl or cyclic N) is 1. The number of carbonyl (C=O) groups is 3. The predicted octanol–water partition coefficient (Wildman–Crippen LogP) is 2.51. The molecule has 12 heteroatoms. The Balaban J connectivity index is 0.00000484. The smallest absolute Gasteiger partial charge is 0.246 e. The first-order valence-electron chi connectivity index (χ1n) is 14.5. The Morgan fingerprint density at radius 3 is 2.40 bits per heavy atom. The van der Waals surface area contributed by atoms with Crippen LogP contribution in [0, 0.1) is 12.3 Å². The number of aliphatic hydroxyl groups excluding tert-OH is 1. The first-order chi connectivity index (χ1) is 19.4. The number of carbonyl (C=O) groups excluding carboxylic acids is 3. The summed E-state index contributed by atoms with van der Waals surface area (Å²) >= 11 is 1.59. The number of hydrogen-bond acceptors (Lipinski definition) is 8. The van der Waals surface area contributed by atoms with Gasteiger partial charge in [-0.25, -0.2) is 4.98 Å². The lowest BCUT2D eigenvalue weighted by atomic mass is 9.85. The van der Waals surface area contributed by atoms with Crippen LogP contribution in [-0.2, 0) is 14.4 Å². The predicted molar refractivity (Wildman–Crippen MR) is 168 cm³/mol. The van der Waals surface area contributed by atoms with Crippen molar-refractivity contribution in [2.24, 2.45) is 5.41 Å². The molecule has 42 heavy (non-hydrogen) atoms. The van der Waals surface area contributed by atoms with Gasteiger partial charge >= 0.3 is 0 Å². The van der Waals surface area contributed by atoms with E-state index >= 15 is 0 Å². The van der Waals surface area contributed by atoms with Crippen LogP contribution in [0.1, 0.15) is 57.8 Å². The van der Waals surface area contributed by atoms with Crippen LogP contribution in [0.4, 0.5) is 0 Å². The molecule has 0 unspecified atom stereocenters. The van der Waals surface area contributed by atoms with E-state index in [-0.39, 0.29) is 49.1 Å². The quantitative estimate of drug-likeness (QED) is 0.339. The third kappa shape index (κ3) is 8.50. The van der Waals surface area contributed by atoms with E-state index in [4.69, 9.17) is 0 Å². The number of piperazine rings is 1. The zero-order chi connectivity index (χ0) is 29.7. The van der Waals surface area contributed by atoms with E-state index in [9.17, 15) is 19.5 Å². The zero-order valence-corrected chi connectivity index (χ0v) is 26.8. The van der Waals surface area contributed by atoms with Crippen molar-refractivity contribution < 1.29 is 19.5 Å². The Morgan fingerprint density at radius 2 is 1.81 bits per heavy atom. The van der Waals surface area contributed by atoms with E-state index in [1.54, 1.807) is 11.3 Å². The summed E-state index contributed by atoms with van der Waals surface area (Å²) < 4.78 is 0. The number of nitrogens with zero attached hydrogens (tertiary/aromatic N) is 3. The maximum atomic E-state index is 13.8. The monoisotopic (exact) mass is 620 g/mol. The van der Waals surface area contributed by atoms with Crippen LogP contribution < -0.4 is 16.0 Å². The van der Waals surface area contributed by atoms with E-state index in [2.05, 4.69) is 25.8 Å². The maximum Gasteiger partial charge on any atom is 0.246 e. The lowest BCUT2D eigenvalue weighted by Crippen LogP contribution is -2.58. The van der Waals surface area contributed by atoms with E-state index in [0.717, 1.165) is 47.9 Å². The molecule has 0 bridgehead atoms. The van der Waals surface area contributed by atoms with Gasteiger partial charge in [0, 0.05) is 52.1 Å². The van der Waals surface area contributed by atoms with Gasteiger partial charge < -0.3 is 30.9 Å². The molecule has 4 atom stereocenters.